The number of hydrogen-bond donors (Lipinski definition) is 1. The van der Waals surface area contributed by atoms with Crippen LogP contribution in [0.25, 0.3) is 32.9 Å². The number of methoxy groups -OCH3 is 1. The van der Waals surface area contributed by atoms with Crippen LogP contribution in [-0.2, 0) is 9.57 Å². The van der Waals surface area contributed by atoms with E-state index in [4.69, 9.17) is 19.3 Å². The molecular weight excluding hydrogens is 404 g/mol. The van der Waals surface area contributed by atoms with Crippen molar-refractivity contribution in [3.8, 4) is 17.0 Å². The van der Waals surface area contributed by atoms with Gasteiger partial charge in [-0.2, -0.15) is 0 Å². The van der Waals surface area contributed by atoms with Crippen molar-refractivity contribution < 1.29 is 19.1 Å². The first kappa shape index (κ1) is 20.4. The number of aromatic nitrogens is 1. The SMILES string of the molecule is COc1ccc2cc(-c3cc(C(=O)NOC4CCCCO4)c4ccccc4n3)ccc2c1. The highest BCUT2D eigenvalue weighted by atomic mass is 16.8. The molecule has 6 nitrogen and oxygen atoms in total. The number of hydroxylamine groups is 1. The number of carbonyl (C=O) groups is 1. The molecular formula is C26H24N2O4. The number of para-hydroxylation sites is 1. The lowest BCUT2D eigenvalue weighted by Crippen LogP contribution is -2.33. The fraction of sp³-hybridized carbons (Fsp3) is 0.231. The molecule has 3 aromatic carbocycles. The second-order valence-electron chi connectivity index (χ2n) is 7.85. The third kappa shape index (κ3) is 4.15. The predicted molar refractivity (Wildman–Crippen MR) is 123 cm³/mol. The first-order valence-corrected chi connectivity index (χ1v) is 10.8. The van der Waals surface area contributed by atoms with Gasteiger partial charge in [0.1, 0.15) is 5.75 Å². The van der Waals surface area contributed by atoms with E-state index in [1.807, 2.05) is 60.7 Å². The van der Waals surface area contributed by atoms with Crippen LogP contribution < -0.4 is 10.2 Å². The van der Waals surface area contributed by atoms with Gasteiger partial charge in [-0.15, -0.1) is 0 Å². The Kier molecular flexibility index (Phi) is 5.71. The molecule has 0 saturated carbocycles. The van der Waals surface area contributed by atoms with Gasteiger partial charge in [0.15, 0.2) is 6.29 Å². The van der Waals surface area contributed by atoms with E-state index in [9.17, 15) is 4.79 Å². The van der Waals surface area contributed by atoms with Gasteiger partial charge in [-0.05, 0) is 53.9 Å². The number of fused-ring (bicyclic) bond motifs is 2. The molecule has 1 aromatic heterocycles. The number of pyridine rings is 1. The molecule has 32 heavy (non-hydrogen) atoms. The number of rotatable bonds is 5. The van der Waals surface area contributed by atoms with Gasteiger partial charge < -0.3 is 9.47 Å². The minimum absolute atomic E-state index is 0.315. The monoisotopic (exact) mass is 428 g/mol. The Morgan fingerprint density at radius 3 is 2.72 bits per heavy atom. The molecule has 162 valence electrons. The molecule has 0 bridgehead atoms. The summed E-state index contributed by atoms with van der Waals surface area (Å²) in [5.41, 5.74) is 5.49. The van der Waals surface area contributed by atoms with Crippen LogP contribution in [0.2, 0.25) is 0 Å². The van der Waals surface area contributed by atoms with E-state index in [-0.39, 0.29) is 5.91 Å². The molecule has 1 fully saturated rings. The zero-order chi connectivity index (χ0) is 21.9. The second-order valence-corrected chi connectivity index (χ2v) is 7.85. The van der Waals surface area contributed by atoms with E-state index in [1.54, 1.807) is 7.11 Å². The average Bonchev–Trinajstić information content (AvgIpc) is 2.86. The summed E-state index contributed by atoms with van der Waals surface area (Å²) < 4.78 is 10.9. The summed E-state index contributed by atoms with van der Waals surface area (Å²) in [7, 11) is 1.66. The average molecular weight is 428 g/mol. The van der Waals surface area contributed by atoms with Gasteiger partial charge in [0, 0.05) is 24.0 Å². The van der Waals surface area contributed by atoms with Crippen molar-refractivity contribution in [3.05, 3.63) is 72.3 Å². The van der Waals surface area contributed by atoms with E-state index in [2.05, 4.69) is 11.5 Å². The van der Waals surface area contributed by atoms with Crippen LogP contribution in [0.3, 0.4) is 0 Å². The van der Waals surface area contributed by atoms with Crippen LogP contribution >= 0.6 is 0 Å². The Morgan fingerprint density at radius 2 is 1.88 bits per heavy atom. The highest BCUT2D eigenvalue weighted by molar-refractivity contribution is 6.07. The van der Waals surface area contributed by atoms with Gasteiger partial charge in [0.25, 0.3) is 5.91 Å². The van der Waals surface area contributed by atoms with Crippen LogP contribution in [0.4, 0.5) is 0 Å². The predicted octanol–water partition coefficient (Wildman–Crippen LogP) is 5.25. The van der Waals surface area contributed by atoms with Crippen LogP contribution in [-0.4, -0.2) is 30.9 Å². The summed E-state index contributed by atoms with van der Waals surface area (Å²) in [6.07, 6.45) is 2.41. The maximum Gasteiger partial charge on any atom is 0.275 e. The van der Waals surface area contributed by atoms with E-state index < -0.39 is 6.29 Å². The van der Waals surface area contributed by atoms with E-state index in [0.29, 0.717) is 12.2 Å². The van der Waals surface area contributed by atoms with Crippen LogP contribution in [0.1, 0.15) is 29.6 Å². The third-order valence-electron chi connectivity index (χ3n) is 5.72. The third-order valence-corrected chi connectivity index (χ3v) is 5.72. The quantitative estimate of drug-likeness (QED) is 0.440. The molecule has 1 amide bonds. The first-order chi connectivity index (χ1) is 15.7. The molecule has 1 aliphatic heterocycles. The summed E-state index contributed by atoms with van der Waals surface area (Å²) in [6, 6.07) is 21.5. The van der Waals surface area contributed by atoms with Crippen molar-refractivity contribution in [1.29, 1.82) is 0 Å². The lowest BCUT2D eigenvalue weighted by Gasteiger charge is -2.22. The van der Waals surface area contributed by atoms with Gasteiger partial charge in [0.05, 0.1) is 23.9 Å². The van der Waals surface area contributed by atoms with Gasteiger partial charge >= 0.3 is 0 Å². The maximum absolute atomic E-state index is 13.0. The smallest absolute Gasteiger partial charge is 0.275 e. The van der Waals surface area contributed by atoms with E-state index in [0.717, 1.165) is 57.9 Å². The maximum atomic E-state index is 13.0. The number of nitrogens with one attached hydrogen (secondary N) is 1. The van der Waals surface area contributed by atoms with Gasteiger partial charge in [-0.3, -0.25) is 4.79 Å². The Hall–Kier alpha value is -3.48. The number of benzene rings is 3. The zero-order valence-electron chi connectivity index (χ0n) is 17.8. The van der Waals surface area contributed by atoms with Crippen molar-refractivity contribution in [2.75, 3.05) is 13.7 Å². The van der Waals surface area contributed by atoms with Crippen LogP contribution in [0.15, 0.2) is 66.7 Å². The summed E-state index contributed by atoms with van der Waals surface area (Å²) in [5.74, 6) is 0.500. The Morgan fingerprint density at radius 1 is 1.03 bits per heavy atom. The molecule has 1 aliphatic rings. The summed E-state index contributed by atoms with van der Waals surface area (Å²) >= 11 is 0. The van der Waals surface area contributed by atoms with Gasteiger partial charge in [-0.1, -0.05) is 36.4 Å². The normalized spacial score (nSPS) is 16.2. The number of nitrogens with zero attached hydrogens (tertiary/aromatic N) is 1. The molecule has 5 rings (SSSR count). The molecule has 0 spiro atoms. The standard InChI is InChI=1S/C26H24N2O4/c1-30-20-12-11-17-14-19(10-9-18(17)15-20)24-16-22(21-6-2-3-7-23(21)27-24)26(29)28-32-25-8-4-5-13-31-25/h2-3,6-7,9-12,14-16,25H,4-5,8,13H2,1H3,(H,28,29). The fourth-order valence-electron chi connectivity index (χ4n) is 4.00. The Labute approximate surface area is 186 Å². The lowest BCUT2D eigenvalue weighted by molar-refractivity contribution is -0.186. The molecule has 2 heterocycles. The Bertz CT molecular complexity index is 1280. The number of hydrogen-bond acceptors (Lipinski definition) is 5. The molecule has 0 radical (unpaired) electrons. The van der Waals surface area contributed by atoms with Crippen molar-refractivity contribution in [2.45, 2.75) is 25.6 Å². The molecule has 1 atom stereocenters. The molecule has 4 aromatic rings. The minimum atomic E-state index is -0.405. The topological polar surface area (TPSA) is 69.7 Å². The van der Waals surface area contributed by atoms with Crippen molar-refractivity contribution in [2.24, 2.45) is 0 Å². The Balaban J connectivity index is 1.50. The lowest BCUT2D eigenvalue weighted by atomic mass is 10.0. The molecule has 1 saturated heterocycles. The summed E-state index contributed by atoms with van der Waals surface area (Å²) in [4.78, 5) is 23.4. The van der Waals surface area contributed by atoms with Crippen LogP contribution in [0, 0.1) is 0 Å². The zero-order valence-corrected chi connectivity index (χ0v) is 17.8. The summed E-state index contributed by atoms with van der Waals surface area (Å²) in [5, 5.41) is 2.92. The molecule has 1 N–H and O–H groups in total. The number of carbonyl (C=O) groups excluding carboxylic acids is 1. The minimum Gasteiger partial charge on any atom is -0.497 e. The number of ether oxygens (including phenoxy) is 2. The van der Waals surface area contributed by atoms with E-state index in [1.165, 1.54) is 0 Å². The van der Waals surface area contributed by atoms with Crippen LogP contribution in [0.5, 0.6) is 5.75 Å². The van der Waals surface area contributed by atoms with Gasteiger partial charge in [-0.25, -0.2) is 15.3 Å². The highest BCUT2D eigenvalue weighted by Crippen LogP contribution is 2.29. The molecule has 0 aliphatic carbocycles. The van der Waals surface area contributed by atoms with E-state index >= 15 is 0 Å². The molecule has 6 heteroatoms. The van der Waals surface area contributed by atoms with Crippen molar-refractivity contribution in [1.82, 2.24) is 10.5 Å². The second kappa shape index (κ2) is 8.94. The number of amides is 1. The largest absolute Gasteiger partial charge is 0.497 e. The van der Waals surface area contributed by atoms with Gasteiger partial charge in [0.2, 0.25) is 0 Å². The first-order valence-electron chi connectivity index (χ1n) is 10.8. The fourth-order valence-corrected chi connectivity index (χ4v) is 4.00. The van der Waals surface area contributed by atoms with Crippen molar-refractivity contribution in [3.63, 3.8) is 0 Å². The van der Waals surface area contributed by atoms with Crippen molar-refractivity contribution >= 4 is 27.6 Å². The summed E-state index contributed by atoms with van der Waals surface area (Å²) in [6.45, 7) is 0.650. The molecule has 1 unspecified atom stereocenters. The highest BCUT2D eigenvalue weighted by Gasteiger charge is 2.18.